The average Bonchev–Trinajstić information content (AvgIpc) is 3.77. The maximum absolute atomic E-state index is 12.3. The third kappa shape index (κ3) is 11.6. The minimum atomic E-state index is -0.376. The molecule has 2 aliphatic rings. The van der Waals surface area contributed by atoms with Crippen LogP contribution in [-0.2, 0) is 47.0 Å². The molecule has 0 bridgehead atoms. The second-order valence-corrected chi connectivity index (χ2v) is 14.5. The van der Waals surface area contributed by atoms with E-state index in [4.69, 9.17) is 10.0 Å². The number of carbonyl (C=O) groups excluding carboxylic acids is 4. The summed E-state index contributed by atoms with van der Waals surface area (Å²) in [6.07, 6.45) is 13.9. The number of nitrogens with zero attached hydrogens (tertiary/aromatic N) is 2. The minimum absolute atomic E-state index is 0.125. The Morgan fingerprint density at radius 1 is 0.614 bits per heavy atom. The molecule has 2 aromatic heterocycles. The molecule has 0 atom stereocenters. The van der Waals surface area contributed by atoms with Crippen molar-refractivity contribution in [1.82, 2.24) is 30.7 Å². The number of amides is 6. The molecule has 302 valence electrons. The highest BCUT2D eigenvalue weighted by Crippen LogP contribution is 2.33. The van der Waals surface area contributed by atoms with Crippen LogP contribution in [0.3, 0.4) is 0 Å². The normalized spacial score (nSPS) is 12.6. The fraction of sp³-hybridized carbons (Fsp3) is 0.395. The van der Waals surface area contributed by atoms with Crippen molar-refractivity contribution in [3.05, 3.63) is 95.8 Å². The lowest BCUT2D eigenvalue weighted by atomic mass is 10.0. The summed E-state index contributed by atoms with van der Waals surface area (Å²) in [5.74, 6) is -0.501. The van der Waals surface area contributed by atoms with Crippen LogP contribution < -0.4 is 32.2 Å². The summed E-state index contributed by atoms with van der Waals surface area (Å²) in [7, 11) is 0. The largest absolute Gasteiger partial charge is 0.345 e. The number of carbonyl (C=O) groups is 4. The van der Waals surface area contributed by atoms with Gasteiger partial charge < -0.3 is 30.4 Å². The van der Waals surface area contributed by atoms with Gasteiger partial charge in [0, 0.05) is 62.2 Å². The van der Waals surface area contributed by atoms with Gasteiger partial charge in [-0.1, -0.05) is 79.6 Å². The number of hydrogen-bond acceptors (Lipinski definition) is 6. The number of urea groups is 2. The van der Waals surface area contributed by atoms with Crippen molar-refractivity contribution >= 4 is 57.1 Å². The first-order valence-electron chi connectivity index (χ1n) is 20.1. The molecule has 0 saturated heterocycles. The molecule has 5 aromatic rings. The summed E-state index contributed by atoms with van der Waals surface area (Å²) in [4.78, 5) is 52.4. The molecule has 3 aromatic carbocycles. The first-order valence-corrected chi connectivity index (χ1v) is 20.1. The number of aryl methyl sites for hydroxylation is 4. The molecule has 0 radical (unpaired) electrons. The number of para-hydroxylation sites is 2. The number of aromatic nitrogens is 2. The van der Waals surface area contributed by atoms with E-state index in [0.29, 0.717) is 39.0 Å². The summed E-state index contributed by atoms with van der Waals surface area (Å²) in [5.41, 5.74) is 11.9. The van der Waals surface area contributed by atoms with Crippen molar-refractivity contribution in [3.63, 3.8) is 0 Å². The molecule has 0 aliphatic carbocycles. The van der Waals surface area contributed by atoms with Crippen molar-refractivity contribution < 1.29 is 29.2 Å². The molecule has 4 heterocycles. The predicted molar refractivity (Wildman–Crippen MR) is 221 cm³/mol. The van der Waals surface area contributed by atoms with Crippen molar-refractivity contribution in [2.24, 2.45) is 0 Å². The SMILES string of the molecule is O=C(CCCCCNC(=O)Nc1cn2c3c(cccc13)CCC2)NO.O=C(CCCCCNC(=O)Nc1cn2c3c(cccc13)CCC2)NOCc1ccccc1. The highest BCUT2D eigenvalue weighted by Gasteiger charge is 2.18. The van der Waals surface area contributed by atoms with Crippen molar-refractivity contribution in [3.8, 4) is 0 Å². The average molecular weight is 779 g/mol. The van der Waals surface area contributed by atoms with Crippen molar-refractivity contribution in [1.29, 1.82) is 0 Å². The lowest BCUT2D eigenvalue weighted by Crippen LogP contribution is -2.29. The van der Waals surface area contributed by atoms with Crippen molar-refractivity contribution in [2.45, 2.75) is 96.7 Å². The Morgan fingerprint density at radius 2 is 1.14 bits per heavy atom. The van der Waals surface area contributed by atoms with E-state index >= 15 is 0 Å². The zero-order valence-corrected chi connectivity index (χ0v) is 32.4. The van der Waals surface area contributed by atoms with E-state index in [-0.39, 0.29) is 23.9 Å². The van der Waals surface area contributed by atoms with Gasteiger partial charge in [0.2, 0.25) is 11.8 Å². The van der Waals surface area contributed by atoms with E-state index in [0.717, 1.165) is 98.6 Å². The molecule has 2 aliphatic heterocycles. The van der Waals surface area contributed by atoms with Gasteiger partial charge in [0.1, 0.15) is 0 Å². The van der Waals surface area contributed by atoms with Crippen LogP contribution in [0.25, 0.3) is 21.8 Å². The molecule has 57 heavy (non-hydrogen) atoms. The van der Waals surface area contributed by atoms with Gasteiger partial charge >= 0.3 is 12.1 Å². The van der Waals surface area contributed by atoms with Crippen LogP contribution >= 0.6 is 0 Å². The Balaban J connectivity index is 0.000000199. The van der Waals surface area contributed by atoms with Crippen LogP contribution in [0.1, 0.15) is 80.9 Å². The van der Waals surface area contributed by atoms with Crippen LogP contribution in [0.15, 0.2) is 79.1 Å². The lowest BCUT2D eigenvalue weighted by molar-refractivity contribution is -0.134. The fourth-order valence-electron chi connectivity index (χ4n) is 7.50. The number of anilines is 2. The number of rotatable bonds is 17. The van der Waals surface area contributed by atoms with Crippen LogP contribution in [0, 0.1) is 0 Å². The zero-order chi connectivity index (χ0) is 39.8. The summed E-state index contributed by atoms with van der Waals surface area (Å²) < 4.78 is 4.45. The second kappa shape index (κ2) is 20.9. The Hall–Kier alpha value is -5.86. The van der Waals surface area contributed by atoms with Crippen LogP contribution in [-0.4, -0.2) is 51.3 Å². The Labute approximate surface area is 332 Å². The zero-order valence-electron chi connectivity index (χ0n) is 32.4. The molecular formula is C43H54N8O6. The van der Waals surface area contributed by atoms with Crippen LogP contribution in [0.4, 0.5) is 21.0 Å². The summed E-state index contributed by atoms with van der Waals surface area (Å²) in [6, 6.07) is 21.8. The third-order valence-corrected chi connectivity index (χ3v) is 10.3. The minimum Gasteiger partial charge on any atom is -0.345 e. The third-order valence-electron chi connectivity index (χ3n) is 10.3. The Morgan fingerprint density at radius 3 is 1.67 bits per heavy atom. The maximum Gasteiger partial charge on any atom is 0.319 e. The van der Waals surface area contributed by atoms with Gasteiger partial charge in [-0.2, -0.15) is 0 Å². The topological polar surface area (TPSA) is 180 Å². The van der Waals surface area contributed by atoms with Gasteiger partial charge in [-0.05, 0) is 68.1 Å². The van der Waals surface area contributed by atoms with Gasteiger partial charge in [-0.3, -0.25) is 19.6 Å². The van der Waals surface area contributed by atoms with Crippen molar-refractivity contribution in [2.75, 3.05) is 23.7 Å². The highest BCUT2D eigenvalue weighted by molar-refractivity contribution is 6.03. The molecule has 14 heteroatoms. The fourth-order valence-corrected chi connectivity index (χ4v) is 7.50. The highest BCUT2D eigenvalue weighted by atomic mass is 16.6. The van der Waals surface area contributed by atoms with E-state index in [1.165, 1.54) is 22.2 Å². The Bertz CT molecular complexity index is 2130. The first-order chi connectivity index (χ1) is 27.9. The van der Waals surface area contributed by atoms with E-state index in [2.05, 4.69) is 60.1 Å². The molecule has 0 unspecified atom stereocenters. The smallest absolute Gasteiger partial charge is 0.319 e. The molecule has 0 spiro atoms. The van der Waals surface area contributed by atoms with E-state index in [1.54, 1.807) is 5.48 Å². The summed E-state index contributed by atoms with van der Waals surface area (Å²) in [6.45, 7) is 3.45. The van der Waals surface area contributed by atoms with Gasteiger partial charge in [-0.25, -0.2) is 20.5 Å². The molecular weight excluding hydrogens is 725 g/mol. The second-order valence-electron chi connectivity index (χ2n) is 14.5. The summed E-state index contributed by atoms with van der Waals surface area (Å²) in [5, 5.41) is 22.3. The monoisotopic (exact) mass is 778 g/mol. The Kier molecular flexibility index (Phi) is 14.9. The van der Waals surface area contributed by atoms with Gasteiger partial charge in [0.15, 0.2) is 0 Å². The molecule has 6 amide bonds. The molecule has 7 N–H and O–H groups in total. The molecule has 0 saturated carbocycles. The number of benzene rings is 3. The van der Waals surface area contributed by atoms with Crippen LogP contribution in [0.5, 0.6) is 0 Å². The number of hydrogen-bond donors (Lipinski definition) is 7. The predicted octanol–water partition coefficient (Wildman–Crippen LogP) is 7.29. The molecule has 14 nitrogen and oxygen atoms in total. The first kappa shape index (κ1) is 40.8. The quantitative estimate of drug-likeness (QED) is 0.0296. The molecule has 7 rings (SSSR count). The lowest BCUT2D eigenvalue weighted by Gasteiger charge is -2.14. The van der Waals surface area contributed by atoms with Gasteiger partial charge in [-0.15, -0.1) is 0 Å². The van der Waals surface area contributed by atoms with Gasteiger partial charge in [0.25, 0.3) is 0 Å². The van der Waals surface area contributed by atoms with Crippen LogP contribution in [0.2, 0.25) is 0 Å². The number of hydroxylamine groups is 2. The standard InChI is InChI=1S/C25H30N4O3.C18H24N4O3/c30-23(28-32-18-19-9-3-1-4-10-19)14-5-2-6-15-26-25(31)27-22-17-29-16-8-12-20-11-7-13-21(22)24(20)29;23-16(21-25)9-2-1-3-10-19-18(24)20-15-12-22-11-5-7-13-6-4-8-14(15)17(13)22/h1,3-4,7,9-11,13,17H,2,5-6,8,12,14-16,18H2,(H,28,30)(H2,26,27,31);4,6,8,12,25H,1-3,5,7,9-11H2,(H,21,23)(H2,19,20,24). The van der Waals surface area contributed by atoms with E-state index < -0.39 is 0 Å². The number of nitrogens with one attached hydrogen (secondary N) is 6. The molecule has 0 fully saturated rings. The maximum atomic E-state index is 12.3. The van der Waals surface area contributed by atoms with E-state index in [9.17, 15) is 19.2 Å². The number of unbranched alkanes of at least 4 members (excludes halogenated alkanes) is 4. The van der Waals surface area contributed by atoms with E-state index in [1.807, 2.05) is 54.9 Å². The van der Waals surface area contributed by atoms with Gasteiger partial charge in [0.05, 0.1) is 29.0 Å². The summed E-state index contributed by atoms with van der Waals surface area (Å²) >= 11 is 0.